The van der Waals surface area contributed by atoms with Gasteiger partial charge in [-0.1, -0.05) is 0 Å². The van der Waals surface area contributed by atoms with Gasteiger partial charge >= 0.3 is 12.1 Å². The fraction of sp³-hybridized carbons (Fsp3) is 0.700. The summed E-state index contributed by atoms with van der Waals surface area (Å²) in [7, 11) is 0. The van der Waals surface area contributed by atoms with Crippen molar-refractivity contribution in [1.82, 2.24) is 26.6 Å². The summed E-state index contributed by atoms with van der Waals surface area (Å²) in [5, 5.41) is 35.9. The summed E-state index contributed by atoms with van der Waals surface area (Å²) in [6.07, 6.45) is -0.0508. The predicted molar refractivity (Wildman–Crippen MR) is 129 cm³/mol. The second-order valence-electron chi connectivity index (χ2n) is 8.66. The summed E-state index contributed by atoms with van der Waals surface area (Å²) in [4.78, 5) is 48.6. The van der Waals surface area contributed by atoms with Crippen LogP contribution in [0.3, 0.4) is 0 Å². The monoisotopic (exact) mass is 501 g/mol. The van der Waals surface area contributed by atoms with Crippen LogP contribution in [0.25, 0.3) is 0 Å². The molecule has 15 heteroatoms. The molecule has 0 aromatic heterocycles. The highest BCUT2D eigenvalue weighted by molar-refractivity contribution is 5.91. The first-order chi connectivity index (χ1) is 16.2. The number of carbonyl (C=O) groups excluding carboxylic acids is 3. The Balaban J connectivity index is 5.32. The topological polar surface area (TPSA) is 258 Å². The van der Waals surface area contributed by atoms with Gasteiger partial charge in [-0.3, -0.25) is 25.2 Å². The highest BCUT2D eigenvalue weighted by atomic mass is 16.6. The number of nitrogens with two attached hydrogens (primary N) is 2. The van der Waals surface area contributed by atoms with E-state index in [9.17, 15) is 19.2 Å². The molecule has 0 saturated carbocycles. The van der Waals surface area contributed by atoms with E-state index in [4.69, 9.17) is 32.1 Å². The van der Waals surface area contributed by atoms with Crippen molar-refractivity contribution in [1.29, 1.82) is 10.8 Å². The first kappa shape index (κ1) is 31.2. The van der Waals surface area contributed by atoms with Gasteiger partial charge in [0.05, 0.1) is 6.42 Å². The molecular weight excluding hydrogens is 462 g/mol. The third kappa shape index (κ3) is 17.4. The lowest BCUT2D eigenvalue weighted by Gasteiger charge is -2.25. The highest BCUT2D eigenvalue weighted by Gasteiger charge is 2.28. The van der Waals surface area contributed by atoms with E-state index in [-0.39, 0.29) is 50.8 Å². The van der Waals surface area contributed by atoms with Crippen LogP contribution in [0, 0.1) is 10.8 Å². The number of carboxylic acids is 1. The van der Waals surface area contributed by atoms with Gasteiger partial charge in [-0.2, -0.15) is 0 Å². The largest absolute Gasteiger partial charge is 0.481 e. The Labute approximate surface area is 204 Å². The molecule has 3 amide bonds. The Morgan fingerprint density at radius 1 is 0.829 bits per heavy atom. The number of amides is 3. The normalized spacial score (nSPS) is 12.4. The minimum atomic E-state index is -1.09. The molecule has 12 N–H and O–H groups in total. The Morgan fingerprint density at radius 3 is 1.74 bits per heavy atom. The molecule has 0 aliphatic rings. The van der Waals surface area contributed by atoms with Crippen molar-refractivity contribution in [2.45, 2.75) is 70.6 Å². The number of aliphatic carboxylic acids is 1. The number of alkyl carbamates (subject to hydrolysis) is 1. The van der Waals surface area contributed by atoms with E-state index in [1.165, 1.54) is 0 Å². The SMILES string of the molecule is CC(C)(C)OC(=O)N[C@@H](CCCNC(=N)N)C(=O)N[C@@H](CCCNC(=N)N)C(=O)NCCC(=O)O. The van der Waals surface area contributed by atoms with E-state index >= 15 is 0 Å². The van der Waals surface area contributed by atoms with Crippen LogP contribution < -0.4 is 38.1 Å². The Hall–Kier alpha value is -3.78. The van der Waals surface area contributed by atoms with Gasteiger partial charge in [-0.25, -0.2) is 4.79 Å². The maximum absolute atomic E-state index is 13.0. The van der Waals surface area contributed by atoms with Crippen LogP contribution in [0.15, 0.2) is 0 Å². The average Bonchev–Trinajstić information content (AvgIpc) is 2.70. The third-order valence-electron chi connectivity index (χ3n) is 4.25. The molecule has 0 saturated heterocycles. The fourth-order valence-electron chi connectivity index (χ4n) is 2.73. The molecule has 0 bridgehead atoms. The molecule has 0 aliphatic carbocycles. The van der Waals surface area contributed by atoms with E-state index in [0.717, 1.165) is 0 Å². The van der Waals surface area contributed by atoms with Gasteiger partial charge in [0.2, 0.25) is 11.8 Å². The summed E-state index contributed by atoms with van der Waals surface area (Å²) >= 11 is 0. The number of ether oxygens (including phenoxy) is 1. The number of hydrogen-bond acceptors (Lipinski definition) is 7. The van der Waals surface area contributed by atoms with Crippen molar-refractivity contribution in [3.05, 3.63) is 0 Å². The molecule has 0 fully saturated rings. The van der Waals surface area contributed by atoms with E-state index < -0.39 is 41.6 Å². The standard InChI is InChI=1S/C20H39N9O6/c1-20(2,3)35-19(34)29-13(7-5-10-27-18(23)24)16(33)28-12(6-4-9-26-17(21)22)15(32)25-11-8-14(30)31/h12-13H,4-11H2,1-3H3,(H,25,32)(H,28,33)(H,29,34)(H,30,31)(H4,21,22,26)(H4,23,24,27)/t12-,13-/m0/s1. The summed E-state index contributed by atoms with van der Waals surface area (Å²) < 4.78 is 5.22. The van der Waals surface area contributed by atoms with Crippen LogP contribution in [-0.2, 0) is 19.1 Å². The predicted octanol–water partition coefficient (Wildman–Crippen LogP) is -1.52. The molecule has 0 aliphatic heterocycles. The van der Waals surface area contributed by atoms with Gasteiger partial charge in [-0.15, -0.1) is 0 Å². The van der Waals surface area contributed by atoms with Gasteiger partial charge in [0.1, 0.15) is 17.7 Å². The number of nitrogens with one attached hydrogen (secondary N) is 7. The van der Waals surface area contributed by atoms with E-state index in [1.807, 2.05) is 0 Å². The molecule has 0 rings (SSSR count). The van der Waals surface area contributed by atoms with Crippen LogP contribution >= 0.6 is 0 Å². The van der Waals surface area contributed by atoms with E-state index in [2.05, 4.69) is 26.6 Å². The lowest BCUT2D eigenvalue weighted by Crippen LogP contribution is -2.54. The Morgan fingerprint density at radius 2 is 1.31 bits per heavy atom. The molecular formula is C20H39N9O6. The molecule has 2 atom stereocenters. The number of carboxylic acid groups (broad SMARTS) is 1. The van der Waals surface area contributed by atoms with E-state index in [0.29, 0.717) is 12.8 Å². The summed E-state index contributed by atoms with van der Waals surface area (Å²) in [5.74, 6) is -2.79. The summed E-state index contributed by atoms with van der Waals surface area (Å²) in [6.45, 7) is 5.45. The van der Waals surface area contributed by atoms with Gasteiger partial charge in [-0.05, 0) is 46.5 Å². The number of guanidine groups is 2. The second-order valence-corrected chi connectivity index (χ2v) is 8.66. The fourth-order valence-corrected chi connectivity index (χ4v) is 2.73. The Kier molecular flexibility index (Phi) is 14.2. The minimum Gasteiger partial charge on any atom is -0.481 e. The Bertz CT molecular complexity index is 754. The zero-order chi connectivity index (χ0) is 27.0. The quantitative estimate of drug-likeness (QED) is 0.0704. The molecule has 0 heterocycles. The van der Waals surface area contributed by atoms with Gasteiger partial charge in [0.15, 0.2) is 11.9 Å². The number of rotatable bonds is 15. The first-order valence-corrected chi connectivity index (χ1v) is 11.2. The molecule has 0 unspecified atom stereocenters. The van der Waals surface area contributed by atoms with Crippen molar-refractivity contribution in [2.75, 3.05) is 19.6 Å². The second kappa shape index (κ2) is 16.0. The minimum absolute atomic E-state index is 0.122. The maximum Gasteiger partial charge on any atom is 0.408 e. The van der Waals surface area contributed by atoms with Crippen molar-refractivity contribution in [3.63, 3.8) is 0 Å². The molecule has 15 nitrogen and oxygen atoms in total. The van der Waals surface area contributed by atoms with Gasteiger partial charge < -0.3 is 47.9 Å². The van der Waals surface area contributed by atoms with Crippen LogP contribution in [-0.4, -0.2) is 78.2 Å². The van der Waals surface area contributed by atoms with E-state index in [1.54, 1.807) is 20.8 Å². The molecule has 0 spiro atoms. The van der Waals surface area contributed by atoms with Crippen molar-refractivity contribution in [3.8, 4) is 0 Å². The van der Waals surface area contributed by atoms with Crippen LogP contribution in [0.2, 0.25) is 0 Å². The van der Waals surface area contributed by atoms with Gasteiger partial charge in [0, 0.05) is 19.6 Å². The molecule has 200 valence electrons. The van der Waals surface area contributed by atoms with Crippen molar-refractivity contribution in [2.24, 2.45) is 11.5 Å². The molecule has 0 aromatic carbocycles. The molecule has 35 heavy (non-hydrogen) atoms. The maximum atomic E-state index is 13.0. The molecule has 0 aromatic rings. The average molecular weight is 502 g/mol. The summed E-state index contributed by atoms with van der Waals surface area (Å²) in [6, 6.07) is -2.08. The third-order valence-corrected chi connectivity index (χ3v) is 4.25. The smallest absolute Gasteiger partial charge is 0.408 e. The van der Waals surface area contributed by atoms with Crippen LogP contribution in [0.1, 0.15) is 52.9 Å². The van der Waals surface area contributed by atoms with Gasteiger partial charge in [0.25, 0.3) is 0 Å². The first-order valence-electron chi connectivity index (χ1n) is 11.2. The zero-order valence-corrected chi connectivity index (χ0v) is 20.5. The number of carbonyl (C=O) groups is 4. The van der Waals surface area contributed by atoms with Crippen molar-refractivity contribution < 1.29 is 29.0 Å². The lowest BCUT2D eigenvalue weighted by atomic mass is 10.1. The zero-order valence-electron chi connectivity index (χ0n) is 20.5. The molecule has 0 radical (unpaired) electrons. The van der Waals surface area contributed by atoms with Crippen molar-refractivity contribution >= 4 is 35.8 Å². The highest BCUT2D eigenvalue weighted by Crippen LogP contribution is 2.08. The summed E-state index contributed by atoms with van der Waals surface area (Å²) in [5.41, 5.74) is 9.69. The van der Waals surface area contributed by atoms with Crippen LogP contribution in [0.4, 0.5) is 4.79 Å². The number of hydrogen-bond donors (Lipinski definition) is 10. The van der Waals surface area contributed by atoms with Crippen LogP contribution in [0.5, 0.6) is 0 Å². The lowest BCUT2D eigenvalue weighted by molar-refractivity contribution is -0.137.